The zero-order chi connectivity index (χ0) is 17.3. The van der Waals surface area contributed by atoms with E-state index in [1.54, 1.807) is 41.5 Å². The largest absolute Gasteiger partial charge is 0.459 e. The lowest BCUT2D eigenvalue weighted by atomic mass is 9.80. The van der Waals surface area contributed by atoms with E-state index in [1.165, 1.54) is 0 Å². The first-order valence-corrected chi connectivity index (χ1v) is 7.31. The summed E-state index contributed by atoms with van der Waals surface area (Å²) in [4.78, 5) is 48.1. The van der Waals surface area contributed by atoms with Crippen molar-refractivity contribution in [2.45, 2.75) is 65.6 Å². The molecule has 0 amide bonds. The van der Waals surface area contributed by atoms with E-state index in [4.69, 9.17) is 9.47 Å². The molecule has 0 aromatic rings. The maximum absolute atomic E-state index is 12.1. The summed E-state index contributed by atoms with van der Waals surface area (Å²) in [5, 5.41) is 0. The van der Waals surface area contributed by atoms with Crippen molar-refractivity contribution in [1.29, 1.82) is 0 Å². The lowest BCUT2D eigenvalue weighted by Crippen LogP contribution is -2.43. The van der Waals surface area contributed by atoms with E-state index in [0.717, 1.165) is 0 Å². The van der Waals surface area contributed by atoms with E-state index in [2.05, 4.69) is 0 Å². The Hall–Kier alpha value is -1.72. The van der Waals surface area contributed by atoms with Crippen molar-refractivity contribution in [2.75, 3.05) is 0 Å². The Morgan fingerprint density at radius 1 is 0.773 bits per heavy atom. The molecule has 22 heavy (non-hydrogen) atoms. The van der Waals surface area contributed by atoms with Gasteiger partial charge in [0.2, 0.25) is 0 Å². The van der Waals surface area contributed by atoms with Gasteiger partial charge in [0.1, 0.15) is 34.6 Å². The van der Waals surface area contributed by atoms with Crippen LogP contribution in [0.4, 0.5) is 0 Å². The van der Waals surface area contributed by atoms with Crippen LogP contribution in [-0.4, -0.2) is 34.7 Å². The van der Waals surface area contributed by atoms with Gasteiger partial charge >= 0.3 is 11.9 Å². The van der Waals surface area contributed by atoms with E-state index in [0.29, 0.717) is 0 Å². The van der Waals surface area contributed by atoms with Crippen molar-refractivity contribution in [2.24, 2.45) is 11.8 Å². The van der Waals surface area contributed by atoms with Crippen LogP contribution in [0.2, 0.25) is 0 Å². The Morgan fingerprint density at radius 3 is 1.27 bits per heavy atom. The molecule has 2 atom stereocenters. The third-order valence-electron chi connectivity index (χ3n) is 2.97. The first-order chi connectivity index (χ1) is 9.80. The van der Waals surface area contributed by atoms with Gasteiger partial charge in [-0.2, -0.15) is 0 Å². The minimum Gasteiger partial charge on any atom is -0.459 e. The van der Waals surface area contributed by atoms with Gasteiger partial charge in [0.25, 0.3) is 0 Å². The number of Topliss-reactive ketones (excluding diaryl/α,β-unsaturated/α-hetero) is 2. The van der Waals surface area contributed by atoms with Gasteiger partial charge in [0.05, 0.1) is 0 Å². The van der Waals surface area contributed by atoms with Crippen LogP contribution < -0.4 is 0 Å². The minimum atomic E-state index is -1.12. The average molecular weight is 312 g/mol. The molecule has 0 aromatic carbocycles. The maximum atomic E-state index is 12.1. The molecule has 0 aliphatic heterocycles. The summed E-state index contributed by atoms with van der Waals surface area (Å²) in [6.07, 6.45) is -0.616. The van der Waals surface area contributed by atoms with Crippen molar-refractivity contribution in [3.8, 4) is 0 Å². The summed E-state index contributed by atoms with van der Waals surface area (Å²) >= 11 is 0. The number of ether oxygens (including phenoxy) is 2. The van der Waals surface area contributed by atoms with Crippen LogP contribution in [-0.2, 0) is 28.7 Å². The maximum Gasteiger partial charge on any atom is 0.317 e. The van der Waals surface area contributed by atoms with E-state index in [9.17, 15) is 19.2 Å². The number of carbonyl (C=O) groups is 4. The van der Waals surface area contributed by atoms with Gasteiger partial charge in [0, 0.05) is 12.8 Å². The molecule has 1 rings (SSSR count). The minimum absolute atomic E-state index is 0.308. The van der Waals surface area contributed by atoms with Gasteiger partial charge in [-0.3, -0.25) is 19.2 Å². The Morgan fingerprint density at radius 2 is 1.05 bits per heavy atom. The molecule has 6 heteroatoms. The van der Waals surface area contributed by atoms with Crippen molar-refractivity contribution in [3.05, 3.63) is 0 Å². The third-order valence-corrected chi connectivity index (χ3v) is 2.97. The molecule has 0 aromatic heterocycles. The Balaban J connectivity index is 2.77. The predicted octanol–water partition coefficient (Wildman–Crippen LogP) is 1.83. The van der Waals surface area contributed by atoms with Crippen LogP contribution in [0.1, 0.15) is 54.4 Å². The molecule has 0 N–H and O–H groups in total. The SMILES string of the molecule is CC(C)(C)OC(=O)C1CC(=O)C(C(=O)OC(C)(C)C)CC1=O. The second kappa shape index (κ2) is 6.18. The molecule has 2 unspecified atom stereocenters. The van der Waals surface area contributed by atoms with Gasteiger partial charge in [-0.25, -0.2) is 0 Å². The number of hydrogen-bond donors (Lipinski definition) is 0. The van der Waals surface area contributed by atoms with Gasteiger partial charge in [-0.05, 0) is 41.5 Å². The zero-order valence-electron chi connectivity index (χ0n) is 14.0. The summed E-state index contributed by atoms with van der Waals surface area (Å²) in [5.74, 6) is -4.58. The van der Waals surface area contributed by atoms with Crippen LogP contribution in [0.3, 0.4) is 0 Å². The molecule has 0 heterocycles. The molecule has 124 valence electrons. The second-order valence-corrected chi connectivity index (χ2v) is 7.51. The summed E-state index contributed by atoms with van der Waals surface area (Å²) in [6, 6.07) is 0. The number of esters is 2. The highest BCUT2D eigenvalue weighted by Gasteiger charge is 2.44. The van der Waals surface area contributed by atoms with Crippen LogP contribution in [0.15, 0.2) is 0 Å². The first kappa shape index (κ1) is 18.3. The number of rotatable bonds is 2. The Kier molecular flexibility index (Phi) is 5.15. The van der Waals surface area contributed by atoms with Crippen LogP contribution in [0.5, 0.6) is 0 Å². The molecule has 1 aliphatic rings. The van der Waals surface area contributed by atoms with Crippen LogP contribution >= 0.6 is 0 Å². The van der Waals surface area contributed by atoms with E-state index >= 15 is 0 Å². The fraction of sp³-hybridized carbons (Fsp3) is 0.750. The van der Waals surface area contributed by atoms with Crippen molar-refractivity contribution >= 4 is 23.5 Å². The molecule has 0 saturated heterocycles. The van der Waals surface area contributed by atoms with Gasteiger partial charge < -0.3 is 9.47 Å². The summed E-state index contributed by atoms with van der Waals surface area (Å²) in [6.45, 7) is 10.1. The molecule has 1 aliphatic carbocycles. The molecular formula is C16H24O6. The van der Waals surface area contributed by atoms with Gasteiger partial charge in [-0.15, -0.1) is 0 Å². The number of carbonyl (C=O) groups excluding carboxylic acids is 4. The standard InChI is InChI=1S/C16H24O6/c1-15(2,3)21-13(19)9-7-12(18)10(8-11(9)17)14(20)22-16(4,5)6/h9-10H,7-8H2,1-6H3. The fourth-order valence-corrected chi connectivity index (χ4v) is 2.09. The van der Waals surface area contributed by atoms with Crippen molar-refractivity contribution < 1.29 is 28.7 Å². The van der Waals surface area contributed by atoms with Crippen molar-refractivity contribution in [1.82, 2.24) is 0 Å². The smallest absolute Gasteiger partial charge is 0.317 e. The normalized spacial score (nSPS) is 23.2. The summed E-state index contributed by atoms with van der Waals surface area (Å²) in [5.41, 5.74) is -1.47. The topological polar surface area (TPSA) is 86.7 Å². The molecule has 0 bridgehead atoms. The predicted molar refractivity (Wildman–Crippen MR) is 77.9 cm³/mol. The third kappa shape index (κ3) is 5.24. The second-order valence-electron chi connectivity index (χ2n) is 7.51. The first-order valence-electron chi connectivity index (χ1n) is 7.31. The molecule has 0 radical (unpaired) electrons. The summed E-state index contributed by atoms with van der Waals surface area (Å²) < 4.78 is 10.3. The highest BCUT2D eigenvalue weighted by molar-refractivity contribution is 6.12. The van der Waals surface area contributed by atoms with Crippen LogP contribution in [0.25, 0.3) is 0 Å². The Bertz CT molecular complexity index is 446. The van der Waals surface area contributed by atoms with Gasteiger partial charge in [0.15, 0.2) is 0 Å². The highest BCUT2D eigenvalue weighted by atomic mass is 16.6. The lowest BCUT2D eigenvalue weighted by Gasteiger charge is -2.29. The quantitative estimate of drug-likeness (QED) is 0.571. The molecular weight excluding hydrogens is 288 g/mol. The molecule has 6 nitrogen and oxygen atoms in total. The van der Waals surface area contributed by atoms with E-state index in [1.807, 2.05) is 0 Å². The molecule has 1 saturated carbocycles. The highest BCUT2D eigenvalue weighted by Crippen LogP contribution is 2.27. The van der Waals surface area contributed by atoms with Crippen molar-refractivity contribution in [3.63, 3.8) is 0 Å². The number of hydrogen-bond acceptors (Lipinski definition) is 6. The Labute approximate surface area is 130 Å². The number of ketones is 2. The van der Waals surface area contributed by atoms with E-state index in [-0.39, 0.29) is 12.8 Å². The monoisotopic (exact) mass is 312 g/mol. The van der Waals surface area contributed by atoms with E-state index < -0.39 is 46.5 Å². The summed E-state index contributed by atoms with van der Waals surface area (Å²) in [7, 11) is 0. The zero-order valence-corrected chi connectivity index (χ0v) is 14.0. The average Bonchev–Trinajstić information content (AvgIpc) is 2.26. The lowest BCUT2D eigenvalue weighted by molar-refractivity contribution is -0.171. The van der Waals surface area contributed by atoms with Gasteiger partial charge in [-0.1, -0.05) is 0 Å². The molecule has 1 fully saturated rings. The fourth-order valence-electron chi connectivity index (χ4n) is 2.09. The molecule has 0 spiro atoms. The van der Waals surface area contributed by atoms with Crippen LogP contribution in [0, 0.1) is 11.8 Å².